The van der Waals surface area contributed by atoms with Gasteiger partial charge in [-0.1, -0.05) is 5.16 Å². The van der Waals surface area contributed by atoms with Gasteiger partial charge in [0.1, 0.15) is 5.60 Å². The summed E-state index contributed by atoms with van der Waals surface area (Å²) in [5.41, 5.74) is -0.498. The van der Waals surface area contributed by atoms with E-state index in [1.54, 1.807) is 26.1 Å². The Morgan fingerprint density at radius 1 is 1.29 bits per heavy atom. The zero-order valence-electron chi connectivity index (χ0n) is 14.7. The molecule has 2 fully saturated rings. The second kappa shape index (κ2) is 7.06. The van der Waals surface area contributed by atoms with Gasteiger partial charge in [-0.05, 0) is 12.8 Å². The number of urea groups is 1. The molecule has 0 radical (unpaired) electrons. The van der Waals surface area contributed by atoms with Gasteiger partial charge in [-0.2, -0.15) is 4.98 Å². The highest BCUT2D eigenvalue weighted by Crippen LogP contribution is 2.35. The minimum Gasteiger partial charge on any atom is -0.381 e. The molecule has 0 saturated carbocycles. The van der Waals surface area contributed by atoms with Crippen molar-refractivity contribution in [2.24, 2.45) is 0 Å². The summed E-state index contributed by atoms with van der Waals surface area (Å²) in [5.74, 6) is 1.48. The molecule has 0 aliphatic carbocycles. The van der Waals surface area contributed by atoms with E-state index in [-0.39, 0.29) is 11.9 Å². The lowest BCUT2D eigenvalue weighted by molar-refractivity contribution is -0.101. The quantitative estimate of drug-likeness (QED) is 0.832. The molecule has 0 aromatic carbocycles. The van der Waals surface area contributed by atoms with Crippen molar-refractivity contribution in [1.29, 1.82) is 0 Å². The van der Waals surface area contributed by atoms with Crippen LogP contribution in [0, 0.1) is 0 Å². The molecule has 2 amide bonds. The largest absolute Gasteiger partial charge is 0.381 e. The van der Waals surface area contributed by atoms with Crippen LogP contribution in [0.2, 0.25) is 0 Å². The van der Waals surface area contributed by atoms with Crippen LogP contribution in [-0.4, -0.2) is 73.5 Å². The Balaban J connectivity index is 1.65. The number of aromatic nitrogens is 2. The topological polar surface area (TPSA) is 80.9 Å². The molecule has 0 atom stereocenters. The lowest BCUT2D eigenvalue weighted by atomic mass is 9.93. The molecule has 24 heavy (non-hydrogen) atoms. The molecule has 0 N–H and O–H groups in total. The zero-order valence-corrected chi connectivity index (χ0v) is 14.7. The number of methoxy groups -OCH3 is 1. The second-order valence-corrected chi connectivity index (χ2v) is 6.71. The monoisotopic (exact) mass is 338 g/mol. The van der Waals surface area contributed by atoms with E-state index in [9.17, 15) is 4.79 Å². The molecule has 3 rings (SSSR count). The van der Waals surface area contributed by atoms with E-state index in [0.29, 0.717) is 38.0 Å². The van der Waals surface area contributed by atoms with Crippen molar-refractivity contribution >= 4 is 6.03 Å². The summed E-state index contributed by atoms with van der Waals surface area (Å²) in [5, 5.41) is 4.18. The van der Waals surface area contributed by atoms with E-state index in [1.807, 2.05) is 4.90 Å². The summed E-state index contributed by atoms with van der Waals surface area (Å²) < 4.78 is 16.7. The van der Waals surface area contributed by atoms with Gasteiger partial charge in [-0.15, -0.1) is 0 Å². The van der Waals surface area contributed by atoms with Crippen LogP contribution < -0.4 is 0 Å². The number of piperidine rings is 1. The molecule has 0 bridgehead atoms. The minimum atomic E-state index is -0.498. The smallest absolute Gasteiger partial charge is 0.319 e. The highest BCUT2D eigenvalue weighted by atomic mass is 16.5. The summed E-state index contributed by atoms with van der Waals surface area (Å²) >= 11 is 0. The molecule has 0 unspecified atom stereocenters. The fourth-order valence-corrected chi connectivity index (χ4v) is 3.41. The number of carbonyl (C=O) groups is 1. The summed E-state index contributed by atoms with van der Waals surface area (Å²) in [6.07, 6.45) is 3.14. The molecule has 0 spiro atoms. The predicted octanol–water partition coefficient (Wildman–Crippen LogP) is 1.58. The number of hydrogen-bond donors (Lipinski definition) is 0. The Hall–Kier alpha value is -1.67. The van der Waals surface area contributed by atoms with E-state index in [1.165, 1.54) is 0 Å². The molecular formula is C16H26N4O4. The summed E-state index contributed by atoms with van der Waals surface area (Å²) in [6, 6.07) is 0.0557. The van der Waals surface area contributed by atoms with Crippen molar-refractivity contribution in [1.82, 2.24) is 19.9 Å². The number of nitrogens with zero attached hydrogens (tertiary/aromatic N) is 4. The maximum absolute atomic E-state index is 12.0. The predicted molar refractivity (Wildman–Crippen MR) is 85.7 cm³/mol. The second-order valence-electron chi connectivity index (χ2n) is 6.71. The Kier molecular flexibility index (Phi) is 5.05. The van der Waals surface area contributed by atoms with Gasteiger partial charge in [0, 0.05) is 66.3 Å². The van der Waals surface area contributed by atoms with Gasteiger partial charge in [-0.3, -0.25) is 0 Å². The van der Waals surface area contributed by atoms with Crippen molar-refractivity contribution in [3.05, 3.63) is 11.7 Å². The third kappa shape index (κ3) is 3.25. The highest BCUT2D eigenvalue weighted by Gasteiger charge is 2.40. The number of rotatable bonds is 3. The first-order valence-corrected chi connectivity index (χ1v) is 8.49. The van der Waals surface area contributed by atoms with E-state index < -0.39 is 5.60 Å². The molecule has 2 saturated heterocycles. The van der Waals surface area contributed by atoms with Crippen LogP contribution in [0.3, 0.4) is 0 Å². The number of hydrogen-bond acceptors (Lipinski definition) is 6. The van der Waals surface area contributed by atoms with Crippen LogP contribution in [0.4, 0.5) is 4.79 Å². The van der Waals surface area contributed by atoms with Crippen LogP contribution in [0.1, 0.15) is 43.3 Å². The maximum Gasteiger partial charge on any atom is 0.319 e. The SMILES string of the molecule is COC1(c2noc(C3CCN(C(=O)N(C)C)CC3)n2)CCOCC1. The first kappa shape index (κ1) is 17.2. The van der Waals surface area contributed by atoms with Gasteiger partial charge in [0.15, 0.2) is 0 Å². The van der Waals surface area contributed by atoms with Gasteiger partial charge in [-0.25, -0.2) is 4.79 Å². The van der Waals surface area contributed by atoms with Crippen molar-refractivity contribution in [3.63, 3.8) is 0 Å². The maximum atomic E-state index is 12.0. The van der Waals surface area contributed by atoms with Gasteiger partial charge in [0.2, 0.25) is 11.7 Å². The fourth-order valence-electron chi connectivity index (χ4n) is 3.41. The lowest BCUT2D eigenvalue weighted by Gasteiger charge is -2.33. The molecule has 8 nitrogen and oxygen atoms in total. The third-order valence-electron chi connectivity index (χ3n) is 5.04. The van der Waals surface area contributed by atoms with Crippen LogP contribution in [0.5, 0.6) is 0 Å². The average molecular weight is 338 g/mol. The van der Waals surface area contributed by atoms with Gasteiger partial charge in [0.25, 0.3) is 0 Å². The molecular weight excluding hydrogens is 312 g/mol. The Labute approximate surface area is 142 Å². The summed E-state index contributed by atoms with van der Waals surface area (Å²) in [7, 11) is 5.24. The average Bonchev–Trinajstić information content (AvgIpc) is 3.12. The first-order chi connectivity index (χ1) is 11.6. The Bertz CT molecular complexity index is 560. The lowest BCUT2D eigenvalue weighted by Crippen LogP contribution is -2.43. The normalized spacial score (nSPS) is 21.7. The van der Waals surface area contributed by atoms with Crippen LogP contribution in [-0.2, 0) is 15.1 Å². The highest BCUT2D eigenvalue weighted by molar-refractivity contribution is 5.73. The van der Waals surface area contributed by atoms with Crippen LogP contribution >= 0.6 is 0 Å². The van der Waals surface area contributed by atoms with Gasteiger partial charge in [0.05, 0.1) is 0 Å². The third-order valence-corrected chi connectivity index (χ3v) is 5.04. The van der Waals surface area contributed by atoms with Crippen LogP contribution in [0.15, 0.2) is 4.52 Å². The first-order valence-electron chi connectivity index (χ1n) is 8.49. The summed E-state index contributed by atoms with van der Waals surface area (Å²) in [6.45, 7) is 2.71. The Morgan fingerprint density at radius 2 is 1.96 bits per heavy atom. The molecule has 2 aliphatic rings. The summed E-state index contributed by atoms with van der Waals surface area (Å²) in [4.78, 5) is 20.1. The molecule has 8 heteroatoms. The molecule has 1 aromatic rings. The Morgan fingerprint density at radius 3 is 2.54 bits per heavy atom. The molecule has 134 valence electrons. The van der Waals surface area contributed by atoms with Crippen molar-refractivity contribution in [2.45, 2.75) is 37.2 Å². The molecule has 3 heterocycles. The number of ether oxygens (including phenoxy) is 2. The van der Waals surface area contributed by atoms with Crippen LogP contribution in [0.25, 0.3) is 0 Å². The van der Waals surface area contributed by atoms with E-state index in [2.05, 4.69) is 10.1 Å². The van der Waals surface area contributed by atoms with E-state index in [4.69, 9.17) is 14.0 Å². The zero-order chi connectivity index (χ0) is 17.2. The van der Waals surface area contributed by atoms with Crippen molar-refractivity contribution < 1.29 is 18.8 Å². The number of amides is 2. The minimum absolute atomic E-state index is 0.0557. The van der Waals surface area contributed by atoms with E-state index >= 15 is 0 Å². The standard InChI is InChI=1S/C16H26N4O4/c1-19(2)15(21)20-8-4-12(5-9-20)13-17-14(18-24-13)16(22-3)6-10-23-11-7-16/h12H,4-11H2,1-3H3. The molecule has 1 aromatic heterocycles. The van der Waals surface area contributed by atoms with Crippen molar-refractivity contribution in [2.75, 3.05) is 47.5 Å². The molecule has 2 aliphatic heterocycles. The fraction of sp³-hybridized carbons (Fsp3) is 0.812. The number of carbonyl (C=O) groups excluding carboxylic acids is 1. The van der Waals surface area contributed by atoms with Gasteiger partial charge >= 0.3 is 6.03 Å². The van der Waals surface area contributed by atoms with E-state index in [0.717, 1.165) is 25.7 Å². The van der Waals surface area contributed by atoms with Gasteiger partial charge < -0.3 is 23.8 Å². The van der Waals surface area contributed by atoms with Crippen molar-refractivity contribution in [3.8, 4) is 0 Å². The number of likely N-dealkylation sites (tertiary alicyclic amines) is 1.